The topological polar surface area (TPSA) is 50.1 Å². The highest BCUT2D eigenvalue weighted by Crippen LogP contribution is 2.29. The van der Waals surface area contributed by atoms with E-state index in [1.165, 1.54) is 58.2 Å². The molecule has 6 nitrogen and oxygen atoms in total. The van der Waals surface area contributed by atoms with Crippen molar-refractivity contribution in [3.05, 3.63) is 5.82 Å². The Morgan fingerprint density at radius 1 is 0.950 bits per heavy atom. The van der Waals surface area contributed by atoms with E-state index in [4.69, 9.17) is 0 Å². The van der Waals surface area contributed by atoms with E-state index >= 15 is 0 Å². The number of tetrazole rings is 1. The average Bonchev–Trinajstić information content (AvgIpc) is 3.19. The van der Waals surface area contributed by atoms with E-state index < -0.39 is 0 Å². The van der Waals surface area contributed by atoms with Gasteiger partial charge in [-0.1, -0.05) is 12.8 Å². The van der Waals surface area contributed by atoms with E-state index in [1.807, 2.05) is 0 Å². The van der Waals surface area contributed by atoms with Crippen LogP contribution in [0.1, 0.15) is 50.4 Å². The molecule has 2 saturated heterocycles. The van der Waals surface area contributed by atoms with Crippen molar-refractivity contribution in [2.24, 2.45) is 0 Å². The smallest absolute Gasteiger partial charge is 0.165 e. The van der Waals surface area contributed by atoms with Gasteiger partial charge in [-0.25, -0.2) is 4.68 Å². The Morgan fingerprint density at radius 2 is 1.80 bits per heavy atom. The van der Waals surface area contributed by atoms with Crippen LogP contribution in [0.25, 0.3) is 0 Å². The van der Waals surface area contributed by atoms with Gasteiger partial charge in [0.15, 0.2) is 5.82 Å². The summed E-state index contributed by atoms with van der Waals surface area (Å²) in [5.41, 5.74) is 0. The summed E-state index contributed by atoms with van der Waals surface area (Å²) in [6, 6.07) is 1.33. The lowest BCUT2D eigenvalue weighted by atomic mass is 10.1. The van der Waals surface area contributed by atoms with E-state index in [0.717, 1.165) is 25.0 Å². The first kappa shape index (κ1) is 12.7. The van der Waals surface area contributed by atoms with Gasteiger partial charge in [0, 0.05) is 25.7 Å². The Morgan fingerprint density at radius 3 is 2.70 bits per heavy atom. The molecular formula is C14H24N6. The third-order valence-electron chi connectivity index (χ3n) is 5.27. The van der Waals surface area contributed by atoms with Crippen molar-refractivity contribution < 1.29 is 0 Å². The van der Waals surface area contributed by atoms with Gasteiger partial charge in [-0.15, -0.1) is 5.10 Å². The molecule has 2 aliphatic heterocycles. The molecule has 3 heterocycles. The molecule has 0 spiro atoms. The lowest BCUT2D eigenvalue weighted by Gasteiger charge is -2.37. The highest BCUT2D eigenvalue weighted by atomic mass is 15.6. The second kappa shape index (κ2) is 5.41. The van der Waals surface area contributed by atoms with Crippen LogP contribution in [0.2, 0.25) is 0 Å². The number of aromatic nitrogens is 4. The van der Waals surface area contributed by atoms with Crippen LogP contribution >= 0.6 is 0 Å². The first-order valence-electron chi connectivity index (χ1n) is 8.13. The summed E-state index contributed by atoms with van der Waals surface area (Å²) in [4.78, 5) is 5.19. The van der Waals surface area contributed by atoms with Crippen molar-refractivity contribution >= 4 is 0 Å². The lowest BCUT2D eigenvalue weighted by Crippen LogP contribution is -2.49. The van der Waals surface area contributed by atoms with Crippen LogP contribution in [-0.2, 0) is 6.54 Å². The zero-order chi connectivity index (χ0) is 13.4. The average molecular weight is 276 g/mol. The van der Waals surface area contributed by atoms with Crippen LogP contribution in [0.3, 0.4) is 0 Å². The molecule has 4 rings (SSSR count). The summed E-state index contributed by atoms with van der Waals surface area (Å²) in [5, 5.41) is 12.5. The van der Waals surface area contributed by atoms with Crippen LogP contribution in [0.4, 0.5) is 0 Å². The number of fused-ring (bicyclic) bond motifs is 1. The summed E-state index contributed by atoms with van der Waals surface area (Å²) >= 11 is 0. The van der Waals surface area contributed by atoms with Crippen LogP contribution in [0.15, 0.2) is 0 Å². The molecule has 6 heteroatoms. The second-order valence-electron chi connectivity index (χ2n) is 6.55. The van der Waals surface area contributed by atoms with Crippen LogP contribution in [-0.4, -0.2) is 62.2 Å². The van der Waals surface area contributed by atoms with E-state index in [-0.39, 0.29) is 0 Å². The third kappa shape index (κ3) is 2.35. The second-order valence-corrected chi connectivity index (χ2v) is 6.55. The van der Waals surface area contributed by atoms with E-state index in [2.05, 4.69) is 30.0 Å². The molecule has 20 heavy (non-hydrogen) atoms. The van der Waals surface area contributed by atoms with Crippen molar-refractivity contribution in [2.45, 2.75) is 57.2 Å². The van der Waals surface area contributed by atoms with Crippen molar-refractivity contribution in [1.82, 2.24) is 30.0 Å². The van der Waals surface area contributed by atoms with Gasteiger partial charge in [0.2, 0.25) is 0 Å². The molecule has 0 amide bonds. The molecule has 3 aliphatic rings. The zero-order valence-corrected chi connectivity index (χ0v) is 12.1. The highest BCUT2D eigenvalue weighted by Gasteiger charge is 2.31. The number of piperazine rings is 1. The fourth-order valence-electron chi connectivity index (χ4n) is 4.15. The quantitative estimate of drug-likeness (QED) is 0.826. The zero-order valence-electron chi connectivity index (χ0n) is 12.1. The van der Waals surface area contributed by atoms with Gasteiger partial charge < -0.3 is 0 Å². The summed E-state index contributed by atoms with van der Waals surface area (Å²) in [6.07, 6.45) is 7.88. The molecule has 110 valence electrons. The molecule has 1 aromatic heterocycles. The van der Waals surface area contributed by atoms with Gasteiger partial charge in [-0.3, -0.25) is 9.80 Å². The van der Waals surface area contributed by atoms with Gasteiger partial charge in [-0.05, 0) is 42.7 Å². The third-order valence-corrected chi connectivity index (χ3v) is 5.27. The molecule has 0 bridgehead atoms. The highest BCUT2D eigenvalue weighted by molar-refractivity contribution is 4.91. The molecule has 1 unspecified atom stereocenters. The Balaban J connectivity index is 1.42. The molecule has 0 aromatic carbocycles. The fraction of sp³-hybridized carbons (Fsp3) is 0.929. The van der Waals surface area contributed by atoms with E-state index in [0.29, 0.717) is 6.04 Å². The normalized spacial score (nSPS) is 29.1. The van der Waals surface area contributed by atoms with Crippen molar-refractivity contribution in [2.75, 3.05) is 26.2 Å². The maximum absolute atomic E-state index is 4.29. The van der Waals surface area contributed by atoms with Gasteiger partial charge in [-0.2, -0.15) is 0 Å². The molecule has 1 atom stereocenters. The Bertz CT molecular complexity index is 452. The minimum absolute atomic E-state index is 0.549. The maximum atomic E-state index is 4.29. The number of hydrogen-bond acceptors (Lipinski definition) is 5. The van der Waals surface area contributed by atoms with Crippen LogP contribution in [0, 0.1) is 0 Å². The lowest BCUT2D eigenvalue weighted by molar-refractivity contribution is 0.0957. The minimum atomic E-state index is 0.549. The first-order chi connectivity index (χ1) is 9.90. The molecule has 0 radical (unpaired) electrons. The number of nitrogens with zero attached hydrogens (tertiary/aromatic N) is 6. The Kier molecular flexibility index (Phi) is 3.44. The summed E-state index contributed by atoms with van der Waals surface area (Å²) in [7, 11) is 0. The molecule has 0 N–H and O–H groups in total. The SMILES string of the molecule is C1CCC(n2nnnc2CN2CCN3CCCC3C2)C1. The van der Waals surface area contributed by atoms with E-state index in [9.17, 15) is 0 Å². The molecule has 1 saturated carbocycles. The van der Waals surface area contributed by atoms with Crippen molar-refractivity contribution in [3.63, 3.8) is 0 Å². The summed E-state index contributed by atoms with van der Waals surface area (Å²) in [5.74, 6) is 1.07. The molecule has 1 aromatic rings. The van der Waals surface area contributed by atoms with Crippen LogP contribution in [0.5, 0.6) is 0 Å². The predicted molar refractivity (Wildman–Crippen MR) is 75.2 cm³/mol. The van der Waals surface area contributed by atoms with E-state index in [1.54, 1.807) is 0 Å². The Labute approximate surface area is 120 Å². The molecule has 1 aliphatic carbocycles. The maximum Gasteiger partial charge on any atom is 0.165 e. The largest absolute Gasteiger partial charge is 0.298 e. The predicted octanol–water partition coefficient (Wildman–Crippen LogP) is 1.07. The number of rotatable bonds is 3. The standard InChI is InChI=1S/C14H24N6/c1-2-5-12(4-1)20-14(15-16-17-20)11-18-8-9-19-7-3-6-13(19)10-18/h12-13H,1-11H2. The van der Waals surface area contributed by atoms with Crippen molar-refractivity contribution in [3.8, 4) is 0 Å². The summed E-state index contributed by atoms with van der Waals surface area (Å²) < 4.78 is 2.11. The summed E-state index contributed by atoms with van der Waals surface area (Å²) in [6.45, 7) is 5.80. The van der Waals surface area contributed by atoms with Crippen molar-refractivity contribution in [1.29, 1.82) is 0 Å². The Hall–Kier alpha value is -1.01. The molecular weight excluding hydrogens is 252 g/mol. The first-order valence-corrected chi connectivity index (χ1v) is 8.13. The van der Waals surface area contributed by atoms with Crippen LogP contribution < -0.4 is 0 Å². The monoisotopic (exact) mass is 276 g/mol. The van der Waals surface area contributed by atoms with Gasteiger partial charge in [0.25, 0.3) is 0 Å². The molecule has 3 fully saturated rings. The minimum Gasteiger partial charge on any atom is -0.298 e. The van der Waals surface area contributed by atoms with Gasteiger partial charge >= 0.3 is 0 Å². The van der Waals surface area contributed by atoms with Gasteiger partial charge in [0.1, 0.15) is 0 Å². The van der Waals surface area contributed by atoms with Gasteiger partial charge in [0.05, 0.1) is 12.6 Å². The number of hydrogen-bond donors (Lipinski definition) is 0. The fourth-order valence-corrected chi connectivity index (χ4v) is 4.15.